The fourth-order valence-electron chi connectivity index (χ4n) is 8.44. The van der Waals surface area contributed by atoms with Gasteiger partial charge in [-0.1, -0.05) is 152 Å². The van der Waals surface area contributed by atoms with Crippen molar-refractivity contribution < 1.29 is 0 Å². The first kappa shape index (κ1) is 36.5. The van der Waals surface area contributed by atoms with Crippen molar-refractivity contribution in [1.82, 2.24) is 0 Å². The van der Waals surface area contributed by atoms with E-state index in [1.807, 2.05) is 5.57 Å². The van der Waals surface area contributed by atoms with Gasteiger partial charge >= 0.3 is 0 Å². The van der Waals surface area contributed by atoms with Crippen molar-refractivity contribution in [2.75, 3.05) is 0 Å². The quantitative estimate of drug-likeness (QED) is 0.111. The second kappa shape index (κ2) is 17.9. The molecule has 0 heteroatoms. The van der Waals surface area contributed by atoms with E-state index in [0.29, 0.717) is 23.2 Å². The second-order valence-electron chi connectivity index (χ2n) is 14.2. The number of hydrogen-bond donors (Lipinski definition) is 0. The average molecular weight is 517 g/mol. The Morgan fingerprint density at radius 2 is 1.24 bits per heavy atom. The maximum atomic E-state index is 2.64. The van der Waals surface area contributed by atoms with Gasteiger partial charge in [0.2, 0.25) is 0 Å². The zero-order valence-electron chi connectivity index (χ0n) is 28.3. The van der Waals surface area contributed by atoms with E-state index in [-0.39, 0.29) is 10.8 Å². The van der Waals surface area contributed by atoms with Gasteiger partial charge in [-0.3, -0.25) is 0 Å². The molecule has 0 saturated heterocycles. The molecule has 0 heterocycles. The Bertz CT molecular complexity index is 639. The minimum Gasteiger partial charge on any atom is -0.0874 e. The Morgan fingerprint density at radius 3 is 1.68 bits per heavy atom. The van der Waals surface area contributed by atoms with Crippen LogP contribution in [0.5, 0.6) is 0 Å². The van der Waals surface area contributed by atoms with Crippen LogP contribution in [0.3, 0.4) is 0 Å². The van der Waals surface area contributed by atoms with Crippen LogP contribution in [-0.2, 0) is 0 Å². The molecule has 0 aromatic heterocycles. The molecule has 0 rings (SSSR count). The van der Waals surface area contributed by atoms with Crippen LogP contribution in [0, 0.1) is 34.0 Å². The van der Waals surface area contributed by atoms with Gasteiger partial charge in [-0.15, -0.1) is 0 Å². The first-order valence-corrected chi connectivity index (χ1v) is 16.7. The number of rotatable bonds is 20. The maximum absolute atomic E-state index is 2.64. The Morgan fingerprint density at radius 1 is 0.703 bits per heavy atom. The van der Waals surface area contributed by atoms with E-state index in [0.717, 1.165) is 0 Å². The highest BCUT2D eigenvalue weighted by Gasteiger charge is 2.61. The van der Waals surface area contributed by atoms with Gasteiger partial charge in [0.05, 0.1) is 0 Å². The smallest absolute Gasteiger partial charge is 0.00505 e. The summed E-state index contributed by atoms with van der Waals surface area (Å²) in [5.41, 5.74) is 4.23. The standard InChI is InChI=1S/C37H72/c1-14-19-22-24-26-33(25-17-4)34(27-23-20-15-2)37(32(10)18-5,35(11,12)13)36(31(8)9,28-21-16-3)29-30(6)7/h17,25,30-32H,14-16,18-24,26-29H2,1-13H3. The summed E-state index contributed by atoms with van der Waals surface area (Å²) in [5.74, 6) is 2.01. The van der Waals surface area contributed by atoms with Crippen molar-refractivity contribution in [3.63, 3.8) is 0 Å². The van der Waals surface area contributed by atoms with Crippen molar-refractivity contribution in [3.8, 4) is 0 Å². The Balaban J connectivity index is 7.85. The summed E-state index contributed by atoms with van der Waals surface area (Å²) >= 11 is 0. The fourth-order valence-corrected chi connectivity index (χ4v) is 8.44. The van der Waals surface area contributed by atoms with Crippen LogP contribution in [0.15, 0.2) is 23.3 Å². The number of hydrogen-bond acceptors (Lipinski definition) is 0. The molecule has 0 radical (unpaired) electrons. The van der Waals surface area contributed by atoms with Gasteiger partial charge in [0.15, 0.2) is 0 Å². The summed E-state index contributed by atoms with van der Waals surface area (Å²) < 4.78 is 0. The lowest BCUT2D eigenvalue weighted by Gasteiger charge is -2.65. The summed E-state index contributed by atoms with van der Waals surface area (Å²) in [6.45, 7) is 32.5. The highest BCUT2D eigenvalue weighted by atomic mass is 14.7. The molecule has 0 aliphatic heterocycles. The molecule has 0 bridgehead atoms. The van der Waals surface area contributed by atoms with Crippen LogP contribution in [0.25, 0.3) is 0 Å². The molecule has 0 aliphatic carbocycles. The topological polar surface area (TPSA) is 0 Å². The Kier molecular flexibility index (Phi) is 17.7. The summed E-state index contributed by atoms with van der Waals surface area (Å²) in [7, 11) is 0. The molecule has 3 unspecified atom stereocenters. The van der Waals surface area contributed by atoms with E-state index in [4.69, 9.17) is 0 Å². The van der Waals surface area contributed by atoms with E-state index < -0.39 is 0 Å². The molecular formula is C37H72. The molecule has 0 aromatic carbocycles. The molecule has 0 aliphatic rings. The third kappa shape index (κ3) is 9.28. The predicted molar refractivity (Wildman–Crippen MR) is 172 cm³/mol. The fraction of sp³-hybridized carbons (Fsp3) is 0.892. The van der Waals surface area contributed by atoms with Crippen LogP contribution < -0.4 is 0 Å². The van der Waals surface area contributed by atoms with Crippen LogP contribution in [0.2, 0.25) is 0 Å². The van der Waals surface area contributed by atoms with Crippen molar-refractivity contribution in [1.29, 1.82) is 0 Å². The zero-order chi connectivity index (χ0) is 28.7. The molecular weight excluding hydrogens is 444 g/mol. The van der Waals surface area contributed by atoms with E-state index in [1.54, 1.807) is 5.57 Å². The molecule has 3 atom stereocenters. The Hall–Kier alpha value is -0.520. The molecule has 37 heavy (non-hydrogen) atoms. The van der Waals surface area contributed by atoms with Gasteiger partial charge < -0.3 is 0 Å². The summed E-state index contributed by atoms with van der Waals surface area (Å²) in [6, 6.07) is 0. The number of unbranched alkanes of at least 4 members (excludes halogenated alkanes) is 6. The largest absolute Gasteiger partial charge is 0.0874 e. The van der Waals surface area contributed by atoms with E-state index in [2.05, 4.69) is 102 Å². The van der Waals surface area contributed by atoms with Gasteiger partial charge in [-0.2, -0.15) is 0 Å². The molecule has 0 spiro atoms. The molecule has 0 amide bonds. The van der Waals surface area contributed by atoms with Gasteiger partial charge in [0.1, 0.15) is 0 Å². The molecule has 0 aromatic rings. The van der Waals surface area contributed by atoms with Crippen LogP contribution >= 0.6 is 0 Å². The van der Waals surface area contributed by atoms with Gasteiger partial charge in [0, 0.05) is 5.41 Å². The third-order valence-electron chi connectivity index (χ3n) is 9.74. The van der Waals surface area contributed by atoms with Crippen LogP contribution in [0.1, 0.15) is 180 Å². The molecule has 0 saturated carbocycles. The van der Waals surface area contributed by atoms with Gasteiger partial charge in [-0.25, -0.2) is 0 Å². The lowest BCUT2D eigenvalue weighted by atomic mass is 9.39. The minimum atomic E-state index is 0.176. The second-order valence-corrected chi connectivity index (χ2v) is 14.2. The van der Waals surface area contributed by atoms with Crippen molar-refractivity contribution in [2.45, 2.75) is 180 Å². The maximum Gasteiger partial charge on any atom is 0.00505 e. The Labute approximate surface area is 236 Å². The SMILES string of the molecule is CC=CC(CCCCCC)=C(CCCCC)C(C(C)CC)(C(C)(C)C)C(CCCC)(CC(C)C)C(C)C. The lowest BCUT2D eigenvalue weighted by molar-refractivity contribution is -0.124. The molecule has 0 fully saturated rings. The molecule has 0 N–H and O–H groups in total. The first-order chi connectivity index (χ1) is 17.4. The zero-order valence-corrected chi connectivity index (χ0v) is 28.3. The third-order valence-corrected chi connectivity index (χ3v) is 9.74. The highest BCUT2D eigenvalue weighted by Crippen LogP contribution is 2.69. The van der Waals surface area contributed by atoms with Gasteiger partial charge in [-0.05, 0) is 79.6 Å². The lowest BCUT2D eigenvalue weighted by Crippen LogP contribution is -2.58. The van der Waals surface area contributed by atoms with Crippen molar-refractivity contribution in [2.24, 2.45) is 34.0 Å². The van der Waals surface area contributed by atoms with Crippen LogP contribution in [0.4, 0.5) is 0 Å². The summed E-state index contributed by atoms with van der Waals surface area (Å²) in [6.07, 6.45) is 23.4. The average Bonchev–Trinajstić information content (AvgIpc) is 2.82. The van der Waals surface area contributed by atoms with Gasteiger partial charge in [0.25, 0.3) is 0 Å². The van der Waals surface area contributed by atoms with E-state index in [1.165, 1.54) is 89.9 Å². The normalized spacial score (nSPS) is 17.8. The predicted octanol–water partition coefficient (Wildman–Crippen LogP) is 13.4. The first-order valence-electron chi connectivity index (χ1n) is 16.7. The summed E-state index contributed by atoms with van der Waals surface area (Å²) in [5, 5.41) is 0. The number of allylic oxidation sites excluding steroid dienone is 4. The molecule has 220 valence electrons. The van der Waals surface area contributed by atoms with Crippen molar-refractivity contribution in [3.05, 3.63) is 23.3 Å². The minimum absolute atomic E-state index is 0.176. The van der Waals surface area contributed by atoms with Crippen molar-refractivity contribution >= 4 is 0 Å². The van der Waals surface area contributed by atoms with E-state index >= 15 is 0 Å². The monoisotopic (exact) mass is 517 g/mol. The summed E-state index contributed by atoms with van der Waals surface area (Å²) in [4.78, 5) is 0. The van der Waals surface area contributed by atoms with Crippen LogP contribution in [-0.4, -0.2) is 0 Å². The highest BCUT2D eigenvalue weighted by molar-refractivity contribution is 5.36. The molecule has 0 nitrogen and oxygen atoms in total. The van der Waals surface area contributed by atoms with E-state index in [9.17, 15) is 0 Å².